The summed E-state index contributed by atoms with van der Waals surface area (Å²) in [5.74, 6) is -1.10. The predicted octanol–water partition coefficient (Wildman–Crippen LogP) is -0.204. The van der Waals surface area contributed by atoms with Gasteiger partial charge in [-0.25, -0.2) is 9.18 Å². The number of carbonyl (C=O) groups excluding carboxylic acids is 3. The SMILES string of the molecule is C[C@@H](O)[C@@H]1NC(=O)[C@@H]2C[C@H](NC(=O)Nc3ccc(F)cc3)CN2C1=O. The Hall–Kier alpha value is -2.68. The normalized spacial score (nSPS) is 26.7. The first kappa shape index (κ1) is 17.2. The van der Waals surface area contributed by atoms with E-state index < -0.39 is 36.1 Å². The molecule has 9 heteroatoms. The molecule has 0 aromatic heterocycles. The number of hydrogen-bond donors (Lipinski definition) is 4. The highest BCUT2D eigenvalue weighted by Crippen LogP contribution is 2.23. The number of amides is 4. The molecule has 0 spiro atoms. The molecule has 2 heterocycles. The molecule has 8 nitrogen and oxygen atoms in total. The lowest BCUT2D eigenvalue weighted by Crippen LogP contribution is -2.64. The number of urea groups is 1. The van der Waals surface area contributed by atoms with Gasteiger partial charge in [-0.1, -0.05) is 0 Å². The van der Waals surface area contributed by atoms with Crippen molar-refractivity contribution in [2.24, 2.45) is 0 Å². The highest BCUT2D eigenvalue weighted by molar-refractivity contribution is 5.98. The summed E-state index contributed by atoms with van der Waals surface area (Å²) in [5.41, 5.74) is 0.428. The zero-order valence-corrected chi connectivity index (χ0v) is 13.5. The van der Waals surface area contributed by atoms with E-state index in [4.69, 9.17) is 0 Å². The Bertz CT molecular complexity index is 694. The van der Waals surface area contributed by atoms with Gasteiger partial charge in [0.15, 0.2) is 0 Å². The first-order chi connectivity index (χ1) is 11.8. The topological polar surface area (TPSA) is 111 Å². The summed E-state index contributed by atoms with van der Waals surface area (Å²) >= 11 is 0. The molecule has 1 aromatic rings. The molecule has 1 aromatic carbocycles. The molecular weight excluding hydrogens is 331 g/mol. The van der Waals surface area contributed by atoms with Crippen LogP contribution in [-0.2, 0) is 9.59 Å². The van der Waals surface area contributed by atoms with E-state index in [1.165, 1.54) is 36.1 Å². The largest absolute Gasteiger partial charge is 0.391 e. The van der Waals surface area contributed by atoms with Crippen LogP contribution in [0.2, 0.25) is 0 Å². The Kier molecular flexibility index (Phi) is 4.58. The molecule has 0 aliphatic carbocycles. The van der Waals surface area contributed by atoms with Crippen LogP contribution in [0.1, 0.15) is 13.3 Å². The molecule has 4 atom stereocenters. The Morgan fingerprint density at radius 1 is 1.36 bits per heavy atom. The number of benzene rings is 1. The quantitative estimate of drug-likeness (QED) is 0.605. The first-order valence-corrected chi connectivity index (χ1v) is 7.97. The average Bonchev–Trinajstić information content (AvgIpc) is 2.97. The second-order valence-electron chi connectivity index (χ2n) is 6.27. The van der Waals surface area contributed by atoms with E-state index in [1.54, 1.807) is 0 Å². The first-order valence-electron chi connectivity index (χ1n) is 7.97. The van der Waals surface area contributed by atoms with E-state index in [0.29, 0.717) is 12.1 Å². The van der Waals surface area contributed by atoms with Crippen LogP contribution in [0.4, 0.5) is 14.9 Å². The molecule has 0 radical (unpaired) electrons. The van der Waals surface area contributed by atoms with Crippen LogP contribution < -0.4 is 16.0 Å². The molecule has 134 valence electrons. The lowest BCUT2D eigenvalue weighted by atomic mass is 10.0. The average molecular weight is 350 g/mol. The fourth-order valence-corrected chi connectivity index (χ4v) is 3.14. The van der Waals surface area contributed by atoms with Gasteiger partial charge in [0.1, 0.15) is 17.9 Å². The maximum atomic E-state index is 12.9. The third-order valence-corrected chi connectivity index (χ3v) is 4.37. The van der Waals surface area contributed by atoms with E-state index in [2.05, 4.69) is 16.0 Å². The van der Waals surface area contributed by atoms with Crippen LogP contribution in [0, 0.1) is 5.82 Å². The number of aliphatic hydroxyl groups is 1. The fraction of sp³-hybridized carbons (Fsp3) is 0.438. The smallest absolute Gasteiger partial charge is 0.319 e. The third kappa shape index (κ3) is 3.55. The summed E-state index contributed by atoms with van der Waals surface area (Å²) in [6, 6.07) is 2.79. The highest BCUT2D eigenvalue weighted by Gasteiger charge is 2.47. The van der Waals surface area contributed by atoms with Crippen LogP contribution in [0.25, 0.3) is 0 Å². The number of hydrogen-bond acceptors (Lipinski definition) is 4. The number of nitrogens with one attached hydrogen (secondary N) is 3. The Labute approximate surface area is 143 Å². The lowest BCUT2D eigenvalue weighted by Gasteiger charge is -2.35. The van der Waals surface area contributed by atoms with Crippen molar-refractivity contribution < 1.29 is 23.9 Å². The number of piperazine rings is 1. The Morgan fingerprint density at radius 3 is 2.68 bits per heavy atom. The zero-order valence-electron chi connectivity index (χ0n) is 13.5. The van der Waals surface area contributed by atoms with Gasteiger partial charge in [0.05, 0.1) is 12.1 Å². The number of aliphatic hydroxyl groups excluding tert-OH is 1. The molecule has 2 aliphatic rings. The molecule has 25 heavy (non-hydrogen) atoms. The van der Waals surface area contributed by atoms with Crippen LogP contribution in [-0.4, -0.2) is 58.6 Å². The number of carbonyl (C=O) groups is 3. The van der Waals surface area contributed by atoms with Gasteiger partial charge in [-0.05, 0) is 37.6 Å². The second-order valence-corrected chi connectivity index (χ2v) is 6.27. The van der Waals surface area contributed by atoms with E-state index in [0.717, 1.165) is 0 Å². The standard InChI is InChI=1S/C16H19FN4O4/c1-8(22)13-15(24)21-7-11(6-12(21)14(23)20-13)19-16(25)18-10-4-2-9(17)3-5-10/h2-5,8,11-13,22H,6-7H2,1H3,(H,20,23)(H2,18,19,25)/t8-,11+,12+,13+/m1/s1. The van der Waals surface area contributed by atoms with Gasteiger partial charge in [0, 0.05) is 12.2 Å². The molecule has 2 aliphatic heterocycles. The lowest BCUT2D eigenvalue weighted by molar-refractivity contribution is -0.149. The molecular formula is C16H19FN4O4. The molecule has 2 fully saturated rings. The zero-order chi connectivity index (χ0) is 18.1. The van der Waals surface area contributed by atoms with Crippen molar-refractivity contribution in [1.82, 2.24) is 15.5 Å². The molecule has 2 saturated heterocycles. The number of rotatable bonds is 3. The van der Waals surface area contributed by atoms with Crippen LogP contribution in [0.15, 0.2) is 24.3 Å². The molecule has 3 rings (SSSR count). The summed E-state index contributed by atoms with van der Waals surface area (Å²) in [6.45, 7) is 1.63. The minimum absolute atomic E-state index is 0.191. The van der Waals surface area contributed by atoms with Crippen molar-refractivity contribution in [3.05, 3.63) is 30.1 Å². The predicted molar refractivity (Wildman–Crippen MR) is 86.1 cm³/mol. The maximum Gasteiger partial charge on any atom is 0.319 e. The monoisotopic (exact) mass is 350 g/mol. The van der Waals surface area contributed by atoms with E-state index in [9.17, 15) is 23.9 Å². The second kappa shape index (κ2) is 6.67. The Balaban J connectivity index is 1.60. The summed E-state index contributed by atoms with van der Waals surface area (Å²) in [7, 11) is 0. The fourth-order valence-electron chi connectivity index (χ4n) is 3.14. The molecule has 0 saturated carbocycles. The van der Waals surface area contributed by atoms with Crippen LogP contribution in [0.3, 0.4) is 0 Å². The minimum atomic E-state index is -0.994. The summed E-state index contributed by atoms with van der Waals surface area (Å²) in [6.07, 6.45) is -0.702. The van der Waals surface area contributed by atoms with Crippen LogP contribution >= 0.6 is 0 Å². The van der Waals surface area contributed by atoms with E-state index >= 15 is 0 Å². The van der Waals surface area contributed by atoms with Crippen molar-refractivity contribution >= 4 is 23.5 Å². The number of anilines is 1. The van der Waals surface area contributed by atoms with E-state index in [-0.39, 0.29) is 18.4 Å². The summed E-state index contributed by atoms with van der Waals surface area (Å²) in [5, 5.41) is 17.4. The number of fused-ring (bicyclic) bond motifs is 1. The summed E-state index contributed by atoms with van der Waals surface area (Å²) in [4.78, 5) is 37.9. The van der Waals surface area contributed by atoms with Gasteiger partial charge in [-0.2, -0.15) is 0 Å². The molecule has 0 bridgehead atoms. The van der Waals surface area contributed by atoms with Crippen molar-refractivity contribution in [1.29, 1.82) is 0 Å². The number of nitrogens with zero attached hydrogens (tertiary/aromatic N) is 1. The van der Waals surface area contributed by atoms with Gasteiger partial charge in [-0.15, -0.1) is 0 Å². The third-order valence-electron chi connectivity index (χ3n) is 4.37. The van der Waals surface area contributed by atoms with Crippen molar-refractivity contribution in [3.8, 4) is 0 Å². The van der Waals surface area contributed by atoms with Crippen molar-refractivity contribution in [3.63, 3.8) is 0 Å². The van der Waals surface area contributed by atoms with Crippen LogP contribution in [0.5, 0.6) is 0 Å². The van der Waals surface area contributed by atoms with Crippen molar-refractivity contribution in [2.75, 3.05) is 11.9 Å². The maximum absolute atomic E-state index is 12.9. The molecule has 0 unspecified atom stereocenters. The van der Waals surface area contributed by atoms with Gasteiger partial charge in [-0.3, -0.25) is 9.59 Å². The molecule has 4 amide bonds. The Morgan fingerprint density at radius 2 is 2.04 bits per heavy atom. The molecule has 4 N–H and O–H groups in total. The van der Waals surface area contributed by atoms with Gasteiger partial charge < -0.3 is 26.0 Å². The van der Waals surface area contributed by atoms with Gasteiger partial charge in [0.2, 0.25) is 11.8 Å². The highest BCUT2D eigenvalue weighted by atomic mass is 19.1. The summed E-state index contributed by atoms with van der Waals surface area (Å²) < 4.78 is 12.9. The van der Waals surface area contributed by atoms with Gasteiger partial charge in [0.25, 0.3) is 0 Å². The number of halogens is 1. The van der Waals surface area contributed by atoms with Gasteiger partial charge >= 0.3 is 6.03 Å². The van der Waals surface area contributed by atoms with E-state index in [1.807, 2.05) is 0 Å². The van der Waals surface area contributed by atoms with Crippen molar-refractivity contribution in [2.45, 2.75) is 37.6 Å². The minimum Gasteiger partial charge on any atom is -0.391 e.